The summed E-state index contributed by atoms with van der Waals surface area (Å²) >= 11 is 5.96. The van der Waals surface area contributed by atoms with Crippen molar-refractivity contribution in [1.29, 1.82) is 0 Å². The average Bonchev–Trinajstić information content (AvgIpc) is 2.15. The molecule has 2 heteroatoms. The number of rotatable bonds is 4. The SMILES string of the molecule is C#CCCNCc1ccccc1Cl. The molecule has 0 aliphatic carbocycles. The Labute approximate surface area is 84.1 Å². The number of terminal acetylenes is 1. The number of hydrogen-bond donors (Lipinski definition) is 1. The van der Waals surface area contributed by atoms with Gasteiger partial charge in [0.2, 0.25) is 0 Å². The molecular weight excluding hydrogens is 182 g/mol. The molecule has 0 radical (unpaired) electrons. The van der Waals surface area contributed by atoms with Crippen molar-refractivity contribution in [2.75, 3.05) is 6.54 Å². The quantitative estimate of drug-likeness (QED) is 0.572. The van der Waals surface area contributed by atoms with Gasteiger partial charge in [0.1, 0.15) is 0 Å². The van der Waals surface area contributed by atoms with Gasteiger partial charge >= 0.3 is 0 Å². The van der Waals surface area contributed by atoms with Gasteiger partial charge in [-0.1, -0.05) is 29.8 Å². The standard InChI is InChI=1S/C11H12ClN/c1-2-3-8-13-9-10-6-4-5-7-11(10)12/h1,4-7,13H,3,8-9H2. The van der Waals surface area contributed by atoms with E-state index in [1.165, 1.54) is 0 Å². The van der Waals surface area contributed by atoms with E-state index in [1.54, 1.807) is 0 Å². The first kappa shape index (κ1) is 10.1. The van der Waals surface area contributed by atoms with Crippen LogP contribution >= 0.6 is 11.6 Å². The van der Waals surface area contributed by atoms with E-state index >= 15 is 0 Å². The van der Waals surface area contributed by atoms with Gasteiger partial charge in [0, 0.05) is 24.5 Å². The van der Waals surface area contributed by atoms with Crippen LogP contribution in [0.15, 0.2) is 24.3 Å². The molecule has 1 nitrogen and oxygen atoms in total. The first-order chi connectivity index (χ1) is 6.34. The van der Waals surface area contributed by atoms with Gasteiger partial charge < -0.3 is 5.32 Å². The largest absolute Gasteiger partial charge is 0.312 e. The Morgan fingerprint density at radius 2 is 2.15 bits per heavy atom. The van der Waals surface area contributed by atoms with Crippen LogP contribution in [-0.2, 0) is 6.54 Å². The van der Waals surface area contributed by atoms with E-state index in [4.69, 9.17) is 18.0 Å². The van der Waals surface area contributed by atoms with Gasteiger partial charge in [0.15, 0.2) is 0 Å². The van der Waals surface area contributed by atoms with E-state index in [0.29, 0.717) is 0 Å². The molecule has 68 valence electrons. The van der Waals surface area contributed by atoms with Crippen LogP contribution in [0.4, 0.5) is 0 Å². The highest BCUT2D eigenvalue weighted by Gasteiger charge is 1.96. The first-order valence-electron chi connectivity index (χ1n) is 4.22. The van der Waals surface area contributed by atoms with E-state index in [-0.39, 0.29) is 0 Å². The monoisotopic (exact) mass is 193 g/mol. The lowest BCUT2D eigenvalue weighted by Gasteiger charge is -2.04. The van der Waals surface area contributed by atoms with Crippen molar-refractivity contribution < 1.29 is 0 Å². The predicted octanol–water partition coefficient (Wildman–Crippen LogP) is 2.45. The minimum atomic E-state index is 0.754. The highest BCUT2D eigenvalue weighted by atomic mass is 35.5. The molecule has 1 N–H and O–H groups in total. The molecule has 0 aromatic heterocycles. The smallest absolute Gasteiger partial charge is 0.0450 e. The molecule has 0 amide bonds. The van der Waals surface area contributed by atoms with E-state index < -0.39 is 0 Å². The Hall–Kier alpha value is -0.970. The normalized spacial score (nSPS) is 9.54. The minimum Gasteiger partial charge on any atom is -0.312 e. The van der Waals surface area contributed by atoms with Crippen LogP contribution in [0.1, 0.15) is 12.0 Å². The van der Waals surface area contributed by atoms with E-state index in [1.807, 2.05) is 24.3 Å². The van der Waals surface area contributed by atoms with E-state index in [0.717, 1.165) is 30.1 Å². The Morgan fingerprint density at radius 1 is 1.38 bits per heavy atom. The number of benzene rings is 1. The van der Waals surface area contributed by atoms with Crippen LogP contribution in [0.2, 0.25) is 5.02 Å². The van der Waals surface area contributed by atoms with Crippen LogP contribution in [0, 0.1) is 12.3 Å². The van der Waals surface area contributed by atoms with Gasteiger partial charge in [0.05, 0.1) is 0 Å². The first-order valence-corrected chi connectivity index (χ1v) is 4.60. The molecule has 1 aromatic carbocycles. The molecule has 0 fully saturated rings. The summed E-state index contributed by atoms with van der Waals surface area (Å²) in [6, 6.07) is 7.79. The molecular formula is C11H12ClN. The van der Waals surface area contributed by atoms with Crippen LogP contribution < -0.4 is 5.32 Å². The highest BCUT2D eigenvalue weighted by molar-refractivity contribution is 6.31. The van der Waals surface area contributed by atoms with Gasteiger partial charge in [-0.15, -0.1) is 12.3 Å². The second-order valence-electron chi connectivity index (χ2n) is 2.72. The fourth-order valence-corrected chi connectivity index (χ4v) is 1.23. The Kier molecular flexibility index (Phi) is 4.39. The van der Waals surface area contributed by atoms with Gasteiger partial charge in [-0.2, -0.15) is 0 Å². The van der Waals surface area contributed by atoms with Crippen molar-refractivity contribution in [2.45, 2.75) is 13.0 Å². The summed E-state index contributed by atoms with van der Waals surface area (Å²) in [5.41, 5.74) is 1.11. The summed E-state index contributed by atoms with van der Waals surface area (Å²) in [5.74, 6) is 2.57. The lowest BCUT2D eigenvalue weighted by molar-refractivity contribution is 0.701. The van der Waals surface area contributed by atoms with Crippen molar-refractivity contribution >= 4 is 11.6 Å². The van der Waals surface area contributed by atoms with Crippen molar-refractivity contribution in [1.82, 2.24) is 5.32 Å². The van der Waals surface area contributed by atoms with Crippen molar-refractivity contribution in [3.8, 4) is 12.3 Å². The summed E-state index contributed by atoms with van der Waals surface area (Å²) in [6.07, 6.45) is 5.88. The molecule has 0 bridgehead atoms. The number of halogens is 1. The maximum atomic E-state index is 5.96. The van der Waals surface area contributed by atoms with Crippen LogP contribution in [0.25, 0.3) is 0 Å². The summed E-state index contributed by atoms with van der Waals surface area (Å²) in [5, 5.41) is 4.02. The average molecular weight is 194 g/mol. The predicted molar refractivity (Wildman–Crippen MR) is 56.6 cm³/mol. The van der Waals surface area contributed by atoms with E-state index in [9.17, 15) is 0 Å². The lowest BCUT2D eigenvalue weighted by Crippen LogP contribution is -2.14. The van der Waals surface area contributed by atoms with Gasteiger partial charge in [-0.05, 0) is 11.6 Å². The topological polar surface area (TPSA) is 12.0 Å². The Balaban J connectivity index is 2.37. The molecule has 0 unspecified atom stereocenters. The second kappa shape index (κ2) is 5.64. The zero-order chi connectivity index (χ0) is 9.52. The molecule has 0 saturated carbocycles. The summed E-state index contributed by atoms with van der Waals surface area (Å²) < 4.78 is 0. The number of hydrogen-bond acceptors (Lipinski definition) is 1. The van der Waals surface area contributed by atoms with Gasteiger partial charge in [-0.25, -0.2) is 0 Å². The molecule has 0 aliphatic rings. The fourth-order valence-electron chi connectivity index (χ4n) is 1.03. The molecule has 0 spiro atoms. The molecule has 0 heterocycles. The van der Waals surface area contributed by atoms with Crippen LogP contribution in [0.5, 0.6) is 0 Å². The van der Waals surface area contributed by atoms with Crippen LogP contribution in [0.3, 0.4) is 0 Å². The van der Waals surface area contributed by atoms with Crippen molar-refractivity contribution in [3.05, 3.63) is 34.9 Å². The molecule has 0 atom stereocenters. The van der Waals surface area contributed by atoms with E-state index in [2.05, 4.69) is 11.2 Å². The molecule has 1 aromatic rings. The third-order valence-electron chi connectivity index (χ3n) is 1.72. The second-order valence-corrected chi connectivity index (χ2v) is 3.13. The lowest BCUT2D eigenvalue weighted by atomic mass is 10.2. The van der Waals surface area contributed by atoms with Crippen LogP contribution in [-0.4, -0.2) is 6.54 Å². The minimum absolute atomic E-state index is 0.754. The fraction of sp³-hybridized carbons (Fsp3) is 0.273. The summed E-state index contributed by atoms with van der Waals surface area (Å²) in [7, 11) is 0. The van der Waals surface area contributed by atoms with Gasteiger partial charge in [-0.3, -0.25) is 0 Å². The maximum absolute atomic E-state index is 5.96. The Morgan fingerprint density at radius 3 is 2.85 bits per heavy atom. The molecule has 0 saturated heterocycles. The third-order valence-corrected chi connectivity index (χ3v) is 2.09. The maximum Gasteiger partial charge on any atom is 0.0450 e. The molecule has 0 aliphatic heterocycles. The zero-order valence-electron chi connectivity index (χ0n) is 7.39. The van der Waals surface area contributed by atoms with Crippen molar-refractivity contribution in [3.63, 3.8) is 0 Å². The van der Waals surface area contributed by atoms with Crippen molar-refractivity contribution in [2.24, 2.45) is 0 Å². The molecule has 13 heavy (non-hydrogen) atoms. The zero-order valence-corrected chi connectivity index (χ0v) is 8.14. The summed E-state index contributed by atoms with van der Waals surface area (Å²) in [4.78, 5) is 0. The Bertz CT molecular complexity index is 301. The highest BCUT2D eigenvalue weighted by Crippen LogP contribution is 2.13. The number of nitrogens with one attached hydrogen (secondary N) is 1. The third kappa shape index (κ3) is 3.50. The summed E-state index contributed by atoms with van der Waals surface area (Å²) in [6.45, 7) is 1.61. The molecule has 1 rings (SSSR count). The van der Waals surface area contributed by atoms with Gasteiger partial charge in [0.25, 0.3) is 0 Å².